The van der Waals surface area contributed by atoms with Crippen molar-refractivity contribution in [3.05, 3.63) is 76.3 Å². The van der Waals surface area contributed by atoms with Gasteiger partial charge in [0.25, 0.3) is 0 Å². The van der Waals surface area contributed by atoms with Gasteiger partial charge in [0.1, 0.15) is 11.8 Å². The highest BCUT2D eigenvalue weighted by Gasteiger charge is 2.15. The van der Waals surface area contributed by atoms with Crippen LogP contribution in [0.25, 0.3) is 0 Å². The number of likely N-dealkylation sites (N-methyl/N-ethyl adjacent to an activating group) is 1. The maximum Gasteiger partial charge on any atom is 0.230 e. The Morgan fingerprint density at radius 1 is 1.13 bits per heavy atom. The van der Waals surface area contributed by atoms with E-state index < -0.39 is 0 Å². The van der Waals surface area contributed by atoms with Crippen molar-refractivity contribution in [3.8, 4) is 11.8 Å². The van der Waals surface area contributed by atoms with Crippen molar-refractivity contribution < 1.29 is 9.53 Å². The molecule has 2 N–H and O–H groups in total. The number of nitrogens with zero attached hydrogens (tertiary/aromatic N) is 5. The van der Waals surface area contributed by atoms with E-state index in [0.29, 0.717) is 28.6 Å². The normalized spacial score (nSPS) is 13.7. The molecule has 1 aromatic heterocycles. The van der Waals surface area contributed by atoms with E-state index in [0.717, 1.165) is 44.8 Å². The first-order valence-corrected chi connectivity index (χ1v) is 12.9. The van der Waals surface area contributed by atoms with Crippen LogP contribution < -0.4 is 20.3 Å². The minimum Gasteiger partial charge on any atom is -0.495 e. The molecule has 1 aliphatic heterocycles. The lowest BCUT2D eigenvalue weighted by Gasteiger charge is -2.34. The van der Waals surface area contributed by atoms with Crippen molar-refractivity contribution in [1.82, 2.24) is 20.2 Å². The average molecular weight is 534 g/mol. The van der Waals surface area contributed by atoms with Crippen LogP contribution in [0.2, 0.25) is 5.02 Å². The van der Waals surface area contributed by atoms with Crippen LogP contribution in [-0.2, 0) is 24.2 Å². The van der Waals surface area contributed by atoms with E-state index >= 15 is 0 Å². The molecule has 38 heavy (non-hydrogen) atoms. The summed E-state index contributed by atoms with van der Waals surface area (Å²) in [4.78, 5) is 25.3. The molecule has 2 aromatic carbocycles. The molecule has 9 nitrogen and oxygen atoms in total. The number of hydrogen-bond acceptors (Lipinski definition) is 8. The number of halogens is 1. The Morgan fingerprint density at radius 2 is 1.89 bits per heavy atom. The van der Waals surface area contributed by atoms with Crippen molar-refractivity contribution in [2.24, 2.45) is 0 Å². The number of nitrogens with one attached hydrogen (secondary N) is 2. The molecule has 3 aromatic rings. The summed E-state index contributed by atoms with van der Waals surface area (Å²) in [6.45, 7) is 5.82. The van der Waals surface area contributed by atoms with Crippen LogP contribution in [0.5, 0.6) is 5.75 Å². The minimum absolute atomic E-state index is 0.0154. The standard InChI is InChI=1S/C28H32ClN7O2/c1-35-9-11-36(12-10-35)24-5-3-20(4-6-24)17-31-8-7-21-13-27(38-2)26(15-25(21)29)34-28(37)14-22-18-33-23(16-30)19-32-22/h3-6,13,15,18-19,31H,7-12,14,17H2,1-2H3,(H,34,37). The number of amides is 1. The van der Waals surface area contributed by atoms with Gasteiger partial charge in [0.2, 0.25) is 5.91 Å². The molecule has 2 heterocycles. The third-order valence-electron chi connectivity index (χ3n) is 6.51. The molecule has 1 amide bonds. The first-order chi connectivity index (χ1) is 18.4. The number of benzene rings is 2. The van der Waals surface area contributed by atoms with E-state index in [9.17, 15) is 4.79 Å². The maximum atomic E-state index is 12.5. The number of hydrogen-bond donors (Lipinski definition) is 2. The van der Waals surface area contributed by atoms with Crippen LogP contribution in [0, 0.1) is 11.3 Å². The Hall–Kier alpha value is -3.71. The molecule has 1 aliphatic rings. The van der Waals surface area contributed by atoms with E-state index in [2.05, 4.69) is 61.7 Å². The van der Waals surface area contributed by atoms with E-state index in [-0.39, 0.29) is 18.0 Å². The molecule has 0 saturated carbocycles. The predicted octanol–water partition coefficient (Wildman–Crippen LogP) is 3.28. The lowest BCUT2D eigenvalue weighted by Crippen LogP contribution is -2.44. The van der Waals surface area contributed by atoms with Crippen LogP contribution in [0.1, 0.15) is 22.5 Å². The van der Waals surface area contributed by atoms with Gasteiger partial charge in [0.05, 0.1) is 37.3 Å². The molecule has 1 saturated heterocycles. The number of carbonyl (C=O) groups excluding carboxylic acids is 1. The summed E-state index contributed by atoms with van der Waals surface area (Å²) < 4.78 is 5.50. The molecular formula is C28H32ClN7O2. The topological polar surface area (TPSA) is 106 Å². The van der Waals surface area contributed by atoms with Gasteiger partial charge in [-0.3, -0.25) is 9.78 Å². The molecule has 0 radical (unpaired) electrons. The monoisotopic (exact) mass is 533 g/mol. The fraction of sp³-hybridized carbons (Fsp3) is 0.357. The zero-order valence-electron chi connectivity index (χ0n) is 21.7. The molecule has 4 rings (SSSR count). The summed E-state index contributed by atoms with van der Waals surface area (Å²) in [5, 5.41) is 15.7. The molecular weight excluding hydrogens is 502 g/mol. The largest absolute Gasteiger partial charge is 0.495 e. The van der Waals surface area contributed by atoms with Gasteiger partial charge in [-0.15, -0.1) is 0 Å². The fourth-order valence-corrected chi connectivity index (χ4v) is 4.52. The Bertz CT molecular complexity index is 1270. The number of methoxy groups -OCH3 is 1. The summed E-state index contributed by atoms with van der Waals surface area (Å²) in [6.07, 6.45) is 3.48. The Balaban J connectivity index is 1.27. The molecule has 0 bridgehead atoms. The average Bonchev–Trinajstić information content (AvgIpc) is 2.93. The zero-order chi connectivity index (χ0) is 26.9. The second-order valence-corrected chi connectivity index (χ2v) is 9.66. The summed E-state index contributed by atoms with van der Waals surface area (Å²) >= 11 is 6.54. The number of piperazine rings is 1. The van der Waals surface area contributed by atoms with Crippen LogP contribution in [-0.4, -0.2) is 67.7 Å². The van der Waals surface area contributed by atoms with Gasteiger partial charge < -0.3 is 25.2 Å². The number of ether oxygens (including phenoxy) is 1. The lowest BCUT2D eigenvalue weighted by molar-refractivity contribution is -0.115. The van der Waals surface area contributed by atoms with Gasteiger partial charge in [-0.05, 0) is 55.4 Å². The quantitative estimate of drug-likeness (QED) is 0.382. The molecule has 0 atom stereocenters. The van der Waals surface area contributed by atoms with Crippen molar-refractivity contribution in [2.45, 2.75) is 19.4 Å². The summed E-state index contributed by atoms with van der Waals surface area (Å²) in [5.74, 6) is 0.245. The zero-order valence-corrected chi connectivity index (χ0v) is 22.5. The van der Waals surface area contributed by atoms with Crippen LogP contribution >= 0.6 is 11.6 Å². The predicted molar refractivity (Wildman–Crippen MR) is 149 cm³/mol. The first kappa shape index (κ1) is 27.3. The van der Waals surface area contributed by atoms with E-state index in [1.165, 1.54) is 23.6 Å². The number of rotatable bonds is 10. The molecule has 0 aliphatic carbocycles. The smallest absolute Gasteiger partial charge is 0.230 e. The fourth-order valence-electron chi connectivity index (χ4n) is 4.26. The van der Waals surface area contributed by atoms with Crippen molar-refractivity contribution in [3.63, 3.8) is 0 Å². The van der Waals surface area contributed by atoms with Crippen molar-refractivity contribution in [2.75, 3.05) is 57.1 Å². The summed E-state index contributed by atoms with van der Waals surface area (Å²) in [5.41, 5.74) is 4.59. The third kappa shape index (κ3) is 7.42. The molecule has 10 heteroatoms. The number of carbonyl (C=O) groups is 1. The second-order valence-electron chi connectivity index (χ2n) is 9.26. The molecule has 0 unspecified atom stereocenters. The van der Waals surface area contributed by atoms with Gasteiger partial charge in [-0.25, -0.2) is 4.98 Å². The van der Waals surface area contributed by atoms with Gasteiger partial charge in [-0.1, -0.05) is 23.7 Å². The van der Waals surface area contributed by atoms with Crippen LogP contribution in [0.4, 0.5) is 11.4 Å². The van der Waals surface area contributed by atoms with Gasteiger partial charge in [0.15, 0.2) is 5.69 Å². The highest BCUT2D eigenvalue weighted by Crippen LogP contribution is 2.31. The SMILES string of the molecule is COc1cc(CCNCc2ccc(N3CCN(C)CC3)cc2)c(Cl)cc1NC(=O)Cc1cnc(C#N)cn1. The highest BCUT2D eigenvalue weighted by molar-refractivity contribution is 6.31. The van der Waals surface area contributed by atoms with E-state index in [1.807, 2.05) is 12.1 Å². The van der Waals surface area contributed by atoms with Crippen molar-refractivity contribution in [1.29, 1.82) is 5.26 Å². The Morgan fingerprint density at radius 3 is 2.55 bits per heavy atom. The van der Waals surface area contributed by atoms with Crippen LogP contribution in [0.3, 0.4) is 0 Å². The third-order valence-corrected chi connectivity index (χ3v) is 6.86. The second kappa shape index (κ2) is 13.2. The lowest BCUT2D eigenvalue weighted by atomic mass is 10.1. The van der Waals surface area contributed by atoms with Gasteiger partial charge in [0, 0.05) is 43.4 Å². The Labute approximate surface area is 228 Å². The minimum atomic E-state index is -0.286. The number of anilines is 2. The van der Waals surface area contributed by atoms with Crippen LogP contribution in [0.15, 0.2) is 48.8 Å². The molecule has 0 spiro atoms. The summed E-state index contributed by atoms with van der Waals surface area (Å²) in [6, 6.07) is 14.2. The maximum absolute atomic E-state index is 12.5. The van der Waals surface area contributed by atoms with Crippen molar-refractivity contribution >= 4 is 28.9 Å². The number of aromatic nitrogens is 2. The molecule has 1 fully saturated rings. The van der Waals surface area contributed by atoms with E-state index in [1.54, 1.807) is 13.2 Å². The highest BCUT2D eigenvalue weighted by atomic mass is 35.5. The van der Waals surface area contributed by atoms with Gasteiger partial charge in [-0.2, -0.15) is 5.26 Å². The number of nitriles is 1. The van der Waals surface area contributed by atoms with Gasteiger partial charge >= 0.3 is 0 Å². The first-order valence-electron chi connectivity index (χ1n) is 12.6. The Kier molecular flexibility index (Phi) is 9.49. The summed E-state index contributed by atoms with van der Waals surface area (Å²) in [7, 11) is 3.72. The molecule has 198 valence electrons. The van der Waals surface area contributed by atoms with E-state index in [4.69, 9.17) is 21.6 Å².